The van der Waals surface area contributed by atoms with Gasteiger partial charge in [-0.25, -0.2) is 0 Å². The minimum absolute atomic E-state index is 0.00434. The molecule has 3 aromatic carbocycles. The lowest BCUT2D eigenvalue weighted by molar-refractivity contribution is -0.139. The molecule has 0 aliphatic carbocycles. The first-order chi connectivity index (χ1) is 17.8. The van der Waals surface area contributed by atoms with E-state index in [1.165, 1.54) is 11.8 Å². The lowest BCUT2D eigenvalue weighted by Gasteiger charge is -2.32. The van der Waals surface area contributed by atoms with Gasteiger partial charge in [-0.15, -0.1) is 11.8 Å². The van der Waals surface area contributed by atoms with Gasteiger partial charge in [-0.05, 0) is 54.3 Å². The minimum Gasteiger partial charge on any atom is -0.352 e. The lowest BCUT2D eigenvalue weighted by atomic mass is 10.0. The maximum atomic E-state index is 13.7. The first-order valence-corrected chi connectivity index (χ1v) is 14.5. The summed E-state index contributed by atoms with van der Waals surface area (Å²) in [6.07, 6.45) is 1.20. The lowest BCUT2D eigenvalue weighted by Crippen LogP contribution is -2.52. The predicted molar refractivity (Wildman–Crippen MR) is 156 cm³/mol. The zero-order chi connectivity index (χ0) is 26.8. The molecule has 196 valence electrons. The van der Waals surface area contributed by atoms with Gasteiger partial charge in [0.2, 0.25) is 11.8 Å². The van der Waals surface area contributed by atoms with Crippen LogP contribution in [0, 0.1) is 0 Å². The third-order valence-electron chi connectivity index (χ3n) is 6.01. The molecule has 4 nitrogen and oxygen atoms in total. The molecule has 1 N–H and O–H groups in total. The van der Waals surface area contributed by atoms with Gasteiger partial charge in [-0.3, -0.25) is 9.59 Å². The Kier molecular flexibility index (Phi) is 11.7. The van der Waals surface area contributed by atoms with Crippen LogP contribution in [0.4, 0.5) is 0 Å². The second-order valence-corrected chi connectivity index (χ2v) is 11.2. The minimum atomic E-state index is -0.678. The summed E-state index contributed by atoms with van der Waals surface area (Å²) in [4.78, 5) is 28.9. The van der Waals surface area contributed by atoms with E-state index < -0.39 is 6.04 Å². The average molecular weight is 578 g/mol. The van der Waals surface area contributed by atoms with Crippen LogP contribution < -0.4 is 5.32 Å². The van der Waals surface area contributed by atoms with Gasteiger partial charge >= 0.3 is 0 Å². The van der Waals surface area contributed by atoms with Gasteiger partial charge < -0.3 is 10.2 Å². The molecule has 0 aliphatic heterocycles. The molecule has 3 aromatic rings. The fourth-order valence-corrected chi connectivity index (χ4v) is 5.48. The summed E-state index contributed by atoms with van der Waals surface area (Å²) in [7, 11) is 0. The Morgan fingerprint density at radius 3 is 2.30 bits per heavy atom. The molecular formula is C29H31Cl3N2O2S. The Bertz CT molecular complexity index is 1190. The van der Waals surface area contributed by atoms with Gasteiger partial charge in [0.05, 0.1) is 5.75 Å². The van der Waals surface area contributed by atoms with E-state index >= 15 is 0 Å². The van der Waals surface area contributed by atoms with E-state index in [1.54, 1.807) is 23.1 Å². The van der Waals surface area contributed by atoms with Crippen molar-refractivity contribution in [3.63, 3.8) is 0 Å². The second kappa shape index (κ2) is 14.7. The summed E-state index contributed by atoms with van der Waals surface area (Å²) < 4.78 is 0. The van der Waals surface area contributed by atoms with Crippen LogP contribution in [0.25, 0.3) is 0 Å². The highest BCUT2D eigenvalue weighted by Gasteiger charge is 2.31. The van der Waals surface area contributed by atoms with Gasteiger partial charge in [0.15, 0.2) is 0 Å². The molecule has 8 heteroatoms. The molecule has 0 spiro atoms. The number of amides is 2. The molecule has 0 fully saturated rings. The number of benzene rings is 3. The molecule has 0 aromatic heterocycles. The number of nitrogens with one attached hydrogen (secondary N) is 1. The van der Waals surface area contributed by atoms with Crippen molar-refractivity contribution >= 4 is 58.4 Å². The molecule has 0 heterocycles. The van der Waals surface area contributed by atoms with E-state index in [0.29, 0.717) is 27.2 Å². The summed E-state index contributed by atoms with van der Waals surface area (Å²) in [5.74, 6) is 0.450. The number of nitrogens with zero attached hydrogens (tertiary/aromatic N) is 1. The molecule has 2 unspecified atom stereocenters. The predicted octanol–water partition coefficient (Wildman–Crippen LogP) is 7.43. The van der Waals surface area contributed by atoms with E-state index in [9.17, 15) is 9.59 Å². The van der Waals surface area contributed by atoms with Gasteiger partial charge in [0.25, 0.3) is 0 Å². The van der Waals surface area contributed by atoms with Crippen molar-refractivity contribution in [2.75, 3.05) is 5.75 Å². The molecule has 0 bridgehead atoms. The Balaban J connectivity index is 1.86. The summed E-state index contributed by atoms with van der Waals surface area (Å²) in [5.41, 5.74) is 2.75. The van der Waals surface area contributed by atoms with Gasteiger partial charge in [-0.2, -0.15) is 0 Å². The smallest absolute Gasteiger partial charge is 0.243 e. The molecule has 2 atom stereocenters. The fourth-order valence-electron chi connectivity index (χ4n) is 3.80. The molecule has 0 saturated carbocycles. The fraction of sp³-hybridized carbons (Fsp3) is 0.310. The van der Waals surface area contributed by atoms with Crippen molar-refractivity contribution in [1.82, 2.24) is 10.2 Å². The standard InChI is InChI=1S/C29H31Cl3N2O2S/c1-3-20(2)33-29(36)27(15-21-8-5-4-6-9-21)34(17-22-10-7-11-24(30)14-22)28(35)19-37-18-23-12-13-25(31)16-26(23)32/h4-14,16,20,27H,3,15,17-19H2,1-2H3,(H,33,36). The first kappa shape index (κ1) is 29.4. The first-order valence-electron chi connectivity index (χ1n) is 12.2. The summed E-state index contributed by atoms with van der Waals surface area (Å²) in [5, 5.41) is 4.80. The van der Waals surface area contributed by atoms with Crippen molar-refractivity contribution in [1.29, 1.82) is 0 Å². The van der Waals surface area contributed by atoms with E-state index in [0.717, 1.165) is 23.1 Å². The van der Waals surface area contributed by atoms with Crippen LogP contribution in [0.2, 0.25) is 15.1 Å². The molecule has 2 amide bonds. The zero-order valence-corrected chi connectivity index (χ0v) is 24.0. The highest BCUT2D eigenvalue weighted by atomic mass is 35.5. The molecule has 0 saturated heterocycles. The number of halogens is 3. The van der Waals surface area contributed by atoms with Crippen LogP contribution in [-0.4, -0.2) is 34.6 Å². The number of hydrogen-bond donors (Lipinski definition) is 1. The van der Waals surface area contributed by atoms with Crippen LogP contribution in [0.3, 0.4) is 0 Å². The van der Waals surface area contributed by atoms with Crippen LogP contribution >= 0.6 is 46.6 Å². The number of carbonyl (C=O) groups is 2. The van der Waals surface area contributed by atoms with Gasteiger partial charge in [-0.1, -0.05) is 90.3 Å². The van der Waals surface area contributed by atoms with Crippen molar-refractivity contribution < 1.29 is 9.59 Å². The van der Waals surface area contributed by atoms with Crippen molar-refractivity contribution in [3.8, 4) is 0 Å². The maximum absolute atomic E-state index is 13.7. The van der Waals surface area contributed by atoms with Crippen molar-refractivity contribution in [3.05, 3.63) is 105 Å². The molecular weight excluding hydrogens is 547 g/mol. The number of hydrogen-bond acceptors (Lipinski definition) is 3. The maximum Gasteiger partial charge on any atom is 0.243 e. The van der Waals surface area contributed by atoms with Crippen LogP contribution in [0.5, 0.6) is 0 Å². The van der Waals surface area contributed by atoms with Crippen LogP contribution in [0.15, 0.2) is 72.8 Å². The van der Waals surface area contributed by atoms with Gasteiger partial charge in [0, 0.05) is 39.8 Å². The van der Waals surface area contributed by atoms with Crippen LogP contribution in [0.1, 0.15) is 37.0 Å². The van der Waals surface area contributed by atoms with Crippen molar-refractivity contribution in [2.45, 2.75) is 51.1 Å². The monoisotopic (exact) mass is 576 g/mol. The SMILES string of the molecule is CCC(C)NC(=O)C(Cc1ccccc1)N(Cc1cccc(Cl)c1)C(=O)CSCc1ccc(Cl)cc1Cl. The molecule has 37 heavy (non-hydrogen) atoms. The second-order valence-electron chi connectivity index (χ2n) is 8.90. The van der Waals surface area contributed by atoms with E-state index in [-0.39, 0.29) is 30.2 Å². The van der Waals surface area contributed by atoms with E-state index in [2.05, 4.69) is 5.32 Å². The number of carbonyl (C=O) groups excluding carboxylic acids is 2. The normalized spacial score (nSPS) is 12.6. The molecule has 0 radical (unpaired) electrons. The Morgan fingerprint density at radius 1 is 0.919 bits per heavy atom. The van der Waals surface area contributed by atoms with E-state index in [1.807, 2.05) is 68.4 Å². The third-order valence-corrected chi connectivity index (χ3v) is 7.80. The zero-order valence-electron chi connectivity index (χ0n) is 20.9. The van der Waals surface area contributed by atoms with E-state index in [4.69, 9.17) is 34.8 Å². The summed E-state index contributed by atoms with van der Waals surface area (Å²) in [6.45, 7) is 4.25. The Hall–Kier alpha value is -2.18. The van der Waals surface area contributed by atoms with Crippen molar-refractivity contribution in [2.24, 2.45) is 0 Å². The Labute approximate surface area is 238 Å². The molecule has 3 rings (SSSR count). The topological polar surface area (TPSA) is 49.4 Å². The largest absolute Gasteiger partial charge is 0.352 e. The molecule has 0 aliphatic rings. The van der Waals surface area contributed by atoms with Crippen LogP contribution in [-0.2, 0) is 28.3 Å². The highest BCUT2D eigenvalue weighted by molar-refractivity contribution is 7.99. The summed E-state index contributed by atoms with van der Waals surface area (Å²) >= 11 is 20.0. The quantitative estimate of drug-likeness (QED) is 0.243. The van der Waals surface area contributed by atoms with Gasteiger partial charge in [0.1, 0.15) is 6.04 Å². The number of rotatable bonds is 12. The Morgan fingerprint density at radius 2 is 1.62 bits per heavy atom. The average Bonchev–Trinajstić information content (AvgIpc) is 2.87. The highest BCUT2D eigenvalue weighted by Crippen LogP contribution is 2.25. The third kappa shape index (κ3) is 9.26. The summed E-state index contributed by atoms with van der Waals surface area (Å²) in [6, 6.07) is 21.8. The number of thioether (sulfide) groups is 1.